The van der Waals surface area contributed by atoms with Gasteiger partial charge < -0.3 is 4.74 Å². The van der Waals surface area contributed by atoms with Crippen LogP contribution in [0.3, 0.4) is 0 Å². The van der Waals surface area contributed by atoms with Crippen molar-refractivity contribution in [3.63, 3.8) is 0 Å². The van der Waals surface area contributed by atoms with E-state index in [1.54, 1.807) is 0 Å². The Balaban J connectivity index is 1.92. The van der Waals surface area contributed by atoms with E-state index < -0.39 is 0 Å². The van der Waals surface area contributed by atoms with Crippen LogP contribution in [0, 0.1) is 5.92 Å². The monoisotopic (exact) mass is 230 g/mol. The minimum Gasteiger partial charge on any atom is -0.490 e. The Hall–Kier alpha value is -1.24. The van der Waals surface area contributed by atoms with Gasteiger partial charge in [-0.2, -0.15) is 0 Å². The maximum atomic E-state index is 6.04. The summed E-state index contributed by atoms with van der Waals surface area (Å²) >= 11 is 0. The number of benzene rings is 1. The van der Waals surface area contributed by atoms with Crippen molar-refractivity contribution < 1.29 is 4.74 Å². The average Bonchev–Trinajstić information content (AvgIpc) is 2.35. The lowest BCUT2D eigenvalue weighted by atomic mass is 9.81. The topological polar surface area (TPSA) is 9.23 Å². The van der Waals surface area contributed by atoms with Gasteiger partial charge in [0, 0.05) is 0 Å². The Morgan fingerprint density at radius 3 is 2.76 bits per heavy atom. The zero-order valence-electron chi connectivity index (χ0n) is 10.7. The number of allylic oxidation sites excluding steroid dienone is 1. The van der Waals surface area contributed by atoms with Gasteiger partial charge in [-0.3, -0.25) is 0 Å². The molecule has 1 aromatic rings. The van der Waals surface area contributed by atoms with E-state index in [-0.39, 0.29) is 0 Å². The van der Waals surface area contributed by atoms with Gasteiger partial charge in [0.25, 0.3) is 0 Å². The second-order valence-electron chi connectivity index (χ2n) is 4.97. The molecule has 0 spiro atoms. The van der Waals surface area contributed by atoms with Gasteiger partial charge in [-0.15, -0.1) is 0 Å². The highest BCUT2D eigenvalue weighted by molar-refractivity contribution is 5.21. The predicted octanol–water partition coefficient (Wildman–Crippen LogP) is 4.59. The maximum absolute atomic E-state index is 6.04. The van der Waals surface area contributed by atoms with Crippen LogP contribution in [-0.2, 0) is 0 Å². The van der Waals surface area contributed by atoms with E-state index in [2.05, 4.69) is 13.5 Å². The van der Waals surface area contributed by atoms with Crippen LogP contribution in [0.5, 0.6) is 5.75 Å². The van der Waals surface area contributed by atoms with Gasteiger partial charge >= 0.3 is 0 Å². The van der Waals surface area contributed by atoms with Crippen molar-refractivity contribution in [3.05, 3.63) is 42.5 Å². The molecule has 0 heterocycles. The molecule has 2 unspecified atom stereocenters. The van der Waals surface area contributed by atoms with Gasteiger partial charge in [0.15, 0.2) is 0 Å². The fraction of sp³-hybridized carbons (Fsp3) is 0.500. The van der Waals surface area contributed by atoms with Crippen molar-refractivity contribution in [2.75, 3.05) is 0 Å². The van der Waals surface area contributed by atoms with E-state index in [1.807, 2.05) is 30.3 Å². The molecule has 2 rings (SSSR count). The summed E-state index contributed by atoms with van der Waals surface area (Å²) in [5, 5.41) is 0. The Morgan fingerprint density at radius 2 is 2.06 bits per heavy atom. The first kappa shape index (κ1) is 12.2. The molecule has 0 aromatic heterocycles. The van der Waals surface area contributed by atoms with E-state index in [9.17, 15) is 0 Å². The summed E-state index contributed by atoms with van der Waals surface area (Å²) < 4.78 is 6.04. The molecule has 2 atom stereocenters. The molecule has 1 fully saturated rings. The molecular weight excluding hydrogens is 208 g/mol. The Morgan fingerprint density at radius 1 is 1.29 bits per heavy atom. The highest BCUT2D eigenvalue weighted by atomic mass is 16.5. The molecule has 1 saturated carbocycles. The van der Waals surface area contributed by atoms with Crippen molar-refractivity contribution >= 4 is 0 Å². The van der Waals surface area contributed by atoms with Crippen LogP contribution in [0.1, 0.15) is 39.0 Å². The van der Waals surface area contributed by atoms with Crippen LogP contribution in [0.2, 0.25) is 0 Å². The molecule has 1 aliphatic rings. The van der Waals surface area contributed by atoms with Gasteiger partial charge in [0.2, 0.25) is 0 Å². The number of ether oxygens (including phenoxy) is 1. The Kier molecular flexibility index (Phi) is 4.24. The van der Waals surface area contributed by atoms with E-state index in [0.29, 0.717) is 12.0 Å². The molecular formula is C16H22O. The second kappa shape index (κ2) is 5.90. The smallest absolute Gasteiger partial charge is 0.119 e. The summed E-state index contributed by atoms with van der Waals surface area (Å²) in [6, 6.07) is 10.2. The zero-order valence-corrected chi connectivity index (χ0v) is 10.7. The van der Waals surface area contributed by atoms with Gasteiger partial charge in [-0.1, -0.05) is 43.7 Å². The van der Waals surface area contributed by atoms with Crippen LogP contribution < -0.4 is 4.74 Å². The SMILES string of the molecule is C=C1CCC(Oc2ccccc2)CC1CCC. The standard InChI is InChI=1S/C16H22O/c1-3-7-14-12-16(11-10-13(14)2)17-15-8-5-4-6-9-15/h4-6,8-9,14,16H,2-3,7,10-12H2,1H3. The average molecular weight is 230 g/mol. The summed E-state index contributed by atoms with van der Waals surface area (Å²) in [6.45, 7) is 6.45. The quantitative estimate of drug-likeness (QED) is 0.687. The minimum absolute atomic E-state index is 0.374. The number of hydrogen-bond acceptors (Lipinski definition) is 1. The maximum Gasteiger partial charge on any atom is 0.119 e. The summed E-state index contributed by atoms with van der Waals surface area (Å²) in [6.07, 6.45) is 6.26. The largest absolute Gasteiger partial charge is 0.490 e. The molecule has 1 aromatic carbocycles. The van der Waals surface area contributed by atoms with Crippen LogP contribution in [0.4, 0.5) is 0 Å². The molecule has 1 heteroatoms. The third-order valence-corrected chi connectivity index (χ3v) is 3.60. The third-order valence-electron chi connectivity index (χ3n) is 3.60. The lowest BCUT2D eigenvalue weighted by molar-refractivity contribution is 0.144. The minimum atomic E-state index is 0.374. The molecule has 0 bridgehead atoms. The predicted molar refractivity (Wildman–Crippen MR) is 72.2 cm³/mol. The third kappa shape index (κ3) is 3.36. The van der Waals surface area contributed by atoms with E-state index in [0.717, 1.165) is 25.0 Å². The van der Waals surface area contributed by atoms with E-state index >= 15 is 0 Å². The van der Waals surface area contributed by atoms with Crippen molar-refractivity contribution in [1.29, 1.82) is 0 Å². The molecule has 17 heavy (non-hydrogen) atoms. The van der Waals surface area contributed by atoms with Gasteiger partial charge in [-0.25, -0.2) is 0 Å². The molecule has 0 amide bonds. The highest BCUT2D eigenvalue weighted by Crippen LogP contribution is 2.33. The molecule has 92 valence electrons. The summed E-state index contributed by atoms with van der Waals surface area (Å²) in [5.74, 6) is 1.67. The summed E-state index contributed by atoms with van der Waals surface area (Å²) in [7, 11) is 0. The number of rotatable bonds is 4. The van der Waals surface area contributed by atoms with Crippen LogP contribution in [0.25, 0.3) is 0 Å². The lowest BCUT2D eigenvalue weighted by Crippen LogP contribution is -2.26. The fourth-order valence-electron chi connectivity index (χ4n) is 2.62. The van der Waals surface area contributed by atoms with Crippen molar-refractivity contribution in [2.45, 2.75) is 45.1 Å². The number of para-hydroxylation sites is 1. The van der Waals surface area contributed by atoms with Gasteiger partial charge in [0.1, 0.15) is 5.75 Å². The zero-order chi connectivity index (χ0) is 12.1. The van der Waals surface area contributed by atoms with Crippen molar-refractivity contribution in [2.24, 2.45) is 5.92 Å². The second-order valence-corrected chi connectivity index (χ2v) is 4.97. The van der Waals surface area contributed by atoms with Crippen LogP contribution >= 0.6 is 0 Å². The first-order valence-electron chi connectivity index (χ1n) is 6.69. The molecule has 0 aliphatic heterocycles. The van der Waals surface area contributed by atoms with Crippen molar-refractivity contribution in [1.82, 2.24) is 0 Å². The Bertz CT molecular complexity index is 355. The van der Waals surface area contributed by atoms with Crippen molar-refractivity contribution in [3.8, 4) is 5.75 Å². The highest BCUT2D eigenvalue weighted by Gasteiger charge is 2.25. The molecule has 0 N–H and O–H groups in total. The van der Waals surface area contributed by atoms with E-state index in [4.69, 9.17) is 4.74 Å². The number of hydrogen-bond donors (Lipinski definition) is 0. The first-order chi connectivity index (χ1) is 8.29. The molecule has 1 nitrogen and oxygen atoms in total. The molecule has 0 radical (unpaired) electrons. The Labute approximate surface area is 104 Å². The van der Waals surface area contributed by atoms with Crippen LogP contribution in [0.15, 0.2) is 42.5 Å². The fourth-order valence-corrected chi connectivity index (χ4v) is 2.62. The van der Waals surface area contributed by atoms with Crippen LogP contribution in [-0.4, -0.2) is 6.10 Å². The van der Waals surface area contributed by atoms with E-state index in [1.165, 1.54) is 18.4 Å². The summed E-state index contributed by atoms with van der Waals surface area (Å²) in [4.78, 5) is 0. The summed E-state index contributed by atoms with van der Waals surface area (Å²) in [5.41, 5.74) is 1.43. The lowest BCUT2D eigenvalue weighted by Gasteiger charge is -2.31. The normalized spacial score (nSPS) is 24.6. The first-order valence-corrected chi connectivity index (χ1v) is 6.69. The molecule has 0 saturated heterocycles. The van der Waals surface area contributed by atoms with Gasteiger partial charge in [0.05, 0.1) is 6.10 Å². The molecule has 1 aliphatic carbocycles. The van der Waals surface area contributed by atoms with Gasteiger partial charge in [-0.05, 0) is 43.7 Å².